The molecule has 0 saturated heterocycles. The molecule has 0 bridgehead atoms. The monoisotopic (exact) mass is 681 g/mol. The van der Waals surface area contributed by atoms with Crippen molar-refractivity contribution in [3.63, 3.8) is 0 Å². The maximum Gasteiger partial charge on any atom is 0.264 e. The van der Waals surface area contributed by atoms with E-state index in [1.165, 1.54) is 53.4 Å². The third-order valence-electron chi connectivity index (χ3n) is 8.06. The second-order valence-electron chi connectivity index (χ2n) is 11.2. The number of halogens is 3. The Morgan fingerprint density at radius 3 is 2.17 bits per heavy atom. The lowest BCUT2D eigenvalue weighted by atomic mass is 10.0. The number of rotatable bonds is 12. The van der Waals surface area contributed by atoms with Gasteiger partial charge in [-0.15, -0.1) is 0 Å². The minimum absolute atomic E-state index is 0.00720. The fourth-order valence-electron chi connectivity index (χ4n) is 5.64. The van der Waals surface area contributed by atoms with Crippen molar-refractivity contribution < 1.29 is 22.4 Å². The zero-order valence-corrected chi connectivity index (χ0v) is 27.3. The third kappa shape index (κ3) is 8.07. The minimum atomic E-state index is -4.36. The van der Waals surface area contributed by atoms with Gasteiger partial charge in [0, 0.05) is 29.6 Å². The van der Waals surface area contributed by atoms with Gasteiger partial charge in [-0.25, -0.2) is 12.8 Å². The van der Waals surface area contributed by atoms with Gasteiger partial charge in [-0.2, -0.15) is 0 Å². The molecule has 11 heteroatoms. The van der Waals surface area contributed by atoms with Crippen molar-refractivity contribution in [1.29, 1.82) is 0 Å². The molecule has 7 nitrogen and oxygen atoms in total. The Morgan fingerprint density at radius 2 is 1.50 bits per heavy atom. The van der Waals surface area contributed by atoms with E-state index < -0.39 is 40.2 Å². The van der Waals surface area contributed by atoms with Crippen molar-refractivity contribution in [2.24, 2.45) is 0 Å². The Bertz CT molecular complexity index is 1770. The number of hydrogen-bond donors (Lipinski definition) is 1. The molecule has 4 aromatic rings. The molecule has 1 fully saturated rings. The van der Waals surface area contributed by atoms with E-state index in [1.807, 2.05) is 30.3 Å². The average Bonchev–Trinajstić information content (AvgIpc) is 3.57. The highest BCUT2D eigenvalue weighted by molar-refractivity contribution is 7.92. The maximum absolute atomic E-state index is 15.1. The normalized spacial score (nSPS) is 14.1. The average molecular weight is 683 g/mol. The van der Waals surface area contributed by atoms with Crippen LogP contribution in [0.5, 0.6) is 0 Å². The Labute approximate surface area is 279 Å². The number of sulfonamides is 1. The summed E-state index contributed by atoms with van der Waals surface area (Å²) < 4.78 is 44.2. The van der Waals surface area contributed by atoms with Gasteiger partial charge in [-0.3, -0.25) is 13.9 Å². The summed E-state index contributed by atoms with van der Waals surface area (Å²) in [5.41, 5.74) is 0.958. The van der Waals surface area contributed by atoms with Crippen LogP contribution in [0.2, 0.25) is 10.0 Å². The topological polar surface area (TPSA) is 86.8 Å². The van der Waals surface area contributed by atoms with Crippen molar-refractivity contribution in [3.05, 3.63) is 130 Å². The number of hydrogen-bond acceptors (Lipinski definition) is 4. The summed E-state index contributed by atoms with van der Waals surface area (Å²) in [5, 5.41) is 3.36. The maximum atomic E-state index is 15.1. The van der Waals surface area contributed by atoms with Crippen molar-refractivity contribution in [2.75, 3.05) is 10.8 Å². The van der Waals surface area contributed by atoms with Gasteiger partial charge in [-0.05, 0) is 54.8 Å². The van der Waals surface area contributed by atoms with E-state index in [2.05, 4.69) is 5.32 Å². The number of benzene rings is 4. The first-order valence-electron chi connectivity index (χ1n) is 15.0. The smallest absolute Gasteiger partial charge is 0.264 e. The Kier molecular flexibility index (Phi) is 11.0. The number of amides is 2. The van der Waals surface area contributed by atoms with Gasteiger partial charge < -0.3 is 10.2 Å². The van der Waals surface area contributed by atoms with Crippen LogP contribution in [0, 0.1) is 5.82 Å². The van der Waals surface area contributed by atoms with Gasteiger partial charge in [0.2, 0.25) is 11.8 Å². The minimum Gasteiger partial charge on any atom is -0.352 e. The van der Waals surface area contributed by atoms with Crippen LogP contribution in [0.1, 0.15) is 36.8 Å². The summed E-state index contributed by atoms with van der Waals surface area (Å²) >= 11 is 12.8. The van der Waals surface area contributed by atoms with E-state index in [0.29, 0.717) is 0 Å². The number of anilines is 1. The fraction of sp³-hybridized carbons (Fsp3) is 0.257. The van der Waals surface area contributed by atoms with Gasteiger partial charge in [0.15, 0.2) is 0 Å². The predicted molar refractivity (Wildman–Crippen MR) is 179 cm³/mol. The molecular weight excluding hydrogens is 648 g/mol. The molecule has 0 radical (unpaired) electrons. The SMILES string of the molecule is O=C(NC1CCCC1)[C@H](Cc1ccccc1)N(Cc1ccccc1F)C(=O)CN(c1cc(Cl)ccc1Cl)S(=O)(=O)c1ccccc1. The second kappa shape index (κ2) is 15.1. The summed E-state index contributed by atoms with van der Waals surface area (Å²) in [6.07, 6.45) is 3.74. The van der Waals surface area contributed by atoms with Crippen LogP contribution in [0.25, 0.3) is 0 Å². The fourth-order valence-corrected chi connectivity index (χ4v) is 7.52. The largest absolute Gasteiger partial charge is 0.352 e. The van der Waals surface area contributed by atoms with Crippen molar-refractivity contribution >= 4 is 50.7 Å². The van der Waals surface area contributed by atoms with E-state index in [9.17, 15) is 18.0 Å². The molecule has 1 N–H and O–H groups in total. The number of carbonyl (C=O) groups excluding carboxylic acids is 2. The summed E-state index contributed by atoms with van der Waals surface area (Å²) in [4.78, 5) is 29.8. The van der Waals surface area contributed by atoms with Crippen LogP contribution in [-0.2, 0) is 32.6 Å². The number of carbonyl (C=O) groups is 2. The van der Waals surface area contributed by atoms with E-state index >= 15 is 4.39 Å². The lowest BCUT2D eigenvalue weighted by Crippen LogP contribution is -2.54. The zero-order valence-electron chi connectivity index (χ0n) is 25.0. The van der Waals surface area contributed by atoms with E-state index in [1.54, 1.807) is 24.3 Å². The van der Waals surface area contributed by atoms with Crippen LogP contribution in [0.3, 0.4) is 0 Å². The Balaban J connectivity index is 1.59. The quantitative estimate of drug-likeness (QED) is 0.174. The highest BCUT2D eigenvalue weighted by Crippen LogP contribution is 2.33. The third-order valence-corrected chi connectivity index (χ3v) is 10.4. The first-order valence-corrected chi connectivity index (χ1v) is 17.2. The number of nitrogens with one attached hydrogen (secondary N) is 1. The van der Waals surface area contributed by atoms with Crippen molar-refractivity contribution in [2.45, 2.75) is 55.6 Å². The van der Waals surface area contributed by atoms with E-state index in [0.717, 1.165) is 35.6 Å². The second-order valence-corrected chi connectivity index (χ2v) is 13.9. The molecule has 2 amide bonds. The molecule has 46 heavy (non-hydrogen) atoms. The molecule has 240 valence electrons. The van der Waals surface area contributed by atoms with E-state index in [-0.39, 0.29) is 45.2 Å². The standard InChI is InChI=1S/C35H34Cl2FN3O4S/c36-27-19-20-30(37)32(22-27)41(46(44,45)29-16-5-2-6-17-29)24-34(42)40(23-26-13-7-10-18-31(26)38)33(21-25-11-3-1-4-12-25)35(43)39-28-14-8-9-15-28/h1-7,10-13,16-20,22,28,33H,8-9,14-15,21,23-24H2,(H,39,43)/t33-/m0/s1. The van der Waals surface area contributed by atoms with E-state index in [4.69, 9.17) is 23.2 Å². The molecule has 0 aliphatic heterocycles. The summed E-state index contributed by atoms with van der Waals surface area (Å²) in [7, 11) is -4.36. The van der Waals surface area contributed by atoms with Crippen LogP contribution in [0.4, 0.5) is 10.1 Å². The molecule has 1 aliphatic carbocycles. The summed E-state index contributed by atoms with van der Waals surface area (Å²) in [6.45, 7) is -1.00. The van der Waals surface area contributed by atoms with Crippen LogP contribution >= 0.6 is 23.2 Å². The van der Waals surface area contributed by atoms with Gasteiger partial charge in [0.05, 0.1) is 15.6 Å². The number of nitrogens with zero attached hydrogens (tertiary/aromatic N) is 2. The molecule has 0 unspecified atom stereocenters. The molecule has 1 saturated carbocycles. The van der Waals surface area contributed by atoms with Crippen molar-refractivity contribution in [1.82, 2.24) is 10.2 Å². The molecule has 5 rings (SSSR count). The highest BCUT2D eigenvalue weighted by Gasteiger charge is 2.36. The van der Waals surface area contributed by atoms with Gasteiger partial charge in [-0.1, -0.05) is 103 Å². The van der Waals surface area contributed by atoms with Crippen LogP contribution in [0.15, 0.2) is 108 Å². The van der Waals surface area contributed by atoms with Gasteiger partial charge in [0.1, 0.15) is 18.4 Å². The lowest BCUT2D eigenvalue weighted by Gasteiger charge is -2.34. The van der Waals surface area contributed by atoms with Crippen LogP contribution in [-0.4, -0.2) is 43.8 Å². The molecule has 1 atom stereocenters. The first-order chi connectivity index (χ1) is 22.1. The Hall–Kier alpha value is -3.92. The zero-order chi connectivity index (χ0) is 32.7. The van der Waals surface area contributed by atoms with Crippen molar-refractivity contribution in [3.8, 4) is 0 Å². The lowest BCUT2D eigenvalue weighted by molar-refractivity contribution is -0.140. The molecule has 4 aromatic carbocycles. The van der Waals surface area contributed by atoms with Crippen LogP contribution < -0.4 is 9.62 Å². The summed E-state index contributed by atoms with van der Waals surface area (Å²) in [6, 6.07) is 26.0. The van der Waals surface area contributed by atoms with Gasteiger partial charge >= 0.3 is 0 Å². The van der Waals surface area contributed by atoms with Gasteiger partial charge in [0.25, 0.3) is 10.0 Å². The molecule has 0 spiro atoms. The first kappa shape index (κ1) is 33.4. The molecular formula is C35H34Cl2FN3O4S. The Morgan fingerprint density at radius 1 is 0.870 bits per heavy atom. The molecule has 1 aliphatic rings. The molecule has 0 aromatic heterocycles. The predicted octanol–water partition coefficient (Wildman–Crippen LogP) is 7.03. The molecule has 0 heterocycles. The summed E-state index contributed by atoms with van der Waals surface area (Å²) in [5.74, 6) is -1.67. The highest BCUT2D eigenvalue weighted by atomic mass is 35.5.